The Morgan fingerprint density at radius 1 is 1.40 bits per heavy atom. The van der Waals surface area contributed by atoms with E-state index in [0.29, 0.717) is 17.9 Å². The molecule has 1 heteroatoms. The van der Waals surface area contributed by atoms with E-state index in [1.54, 1.807) is 0 Å². The summed E-state index contributed by atoms with van der Waals surface area (Å²) in [6.45, 7) is 9.98. The minimum atomic E-state index is 0.310. The van der Waals surface area contributed by atoms with E-state index in [0.717, 1.165) is 18.4 Å². The molecular formula is C14H22O. The lowest BCUT2D eigenvalue weighted by Gasteiger charge is -2.46. The highest BCUT2D eigenvalue weighted by Crippen LogP contribution is 2.44. The number of hydrogen-bond acceptors (Lipinski definition) is 1. The van der Waals surface area contributed by atoms with Gasteiger partial charge in [0.05, 0.1) is 12.7 Å². The third kappa shape index (κ3) is 1.78. The second-order valence-electron chi connectivity index (χ2n) is 5.14. The fourth-order valence-corrected chi connectivity index (χ4v) is 3.36. The maximum absolute atomic E-state index is 5.97. The first-order valence-corrected chi connectivity index (χ1v) is 6.08. The van der Waals surface area contributed by atoms with Crippen molar-refractivity contribution >= 4 is 0 Å². The Morgan fingerprint density at radius 3 is 2.80 bits per heavy atom. The monoisotopic (exact) mass is 206 g/mol. The number of hydrogen-bond donors (Lipinski definition) is 0. The molecule has 0 saturated carbocycles. The van der Waals surface area contributed by atoms with Crippen molar-refractivity contribution in [3.8, 4) is 0 Å². The molecule has 84 valence electrons. The molecule has 0 spiro atoms. The lowest BCUT2D eigenvalue weighted by Crippen LogP contribution is -2.45. The topological polar surface area (TPSA) is 9.23 Å². The third-order valence-electron chi connectivity index (χ3n) is 4.19. The van der Waals surface area contributed by atoms with Crippen LogP contribution in [0.15, 0.2) is 23.8 Å². The molecule has 1 nitrogen and oxygen atoms in total. The first-order chi connectivity index (χ1) is 7.15. The fraction of sp³-hybridized carbons (Fsp3) is 0.714. The van der Waals surface area contributed by atoms with E-state index in [2.05, 4.69) is 45.9 Å². The summed E-state index contributed by atoms with van der Waals surface area (Å²) in [6.07, 6.45) is 7.09. The van der Waals surface area contributed by atoms with Crippen LogP contribution in [0.4, 0.5) is 0 Å². The van der Waals surface area contributed by atoms with E-state index >= 15 is 0 Å². The summed E-state index contributed by atoms with van der Waals surface area (Å²) in [5, 5.41) is 0. The van der Waals surface area contributed by atoms with Crippen LogP contribution in [0.2, 0.25) is 0 Å². The van der Waals surface area contributed by atoms with Gasteiger partial charge in [-0.3, -0.25) is 0 Å². The predicted octanol–water partition coefficient (Wildman–Crippen LogP) is 3.43. The first-order valence-electron chi connectivity index (χ1n) is 6.08. The van der Waals surface area contributed by atoms with Crippen LogP contribution in [0.1, 0.15) is 27.7 Å². The molecule has 1 aliphatic heterocycles. The average Bonchev–Trinajstić information content (AvgIpc) is 2.15. The van der Waals surface area contributed by atoms with Crippen molar-refractivity contribution in [3.63, 3.8) is 0 Å². The molecule has 15 heavy (non-hydrogen) atoms. The van der Waals surface area contributed by atoms with Crippen LogP contribution in [-0.2, 0) is 4.74 Å². The van der Waals surface area contributed by atoms with Crippen LogP contribution >= 0.6 is 0 Å². The van der Waals surface area contributed by atoms with Crippen molar-refractivity contribution < 1.29 is 4.74 Å². The van der Waals surface area contributed by atoms with Gasteiger partial charge in [-0.05, 0) is 31.6 Å². The molecule has 0 aromatic rings. The van der Waals surface area contributed by atoms with Crippen molar-refractivity contribution in [2.24, 2.45) is 23.7 Å². The predicted molar refractivity (Wildman–Crippen MR) is 63.6 cm³/mol. The van der Waals surface area contributed by atoms with Crippen molar-refractivity contribution in [1.29, 1.82) is 0 Å². The van der Waals surface area contributed by atoms with Gasteiger partial charge >= 0.3 is 0 Å². The summed E-state index contributed by atoms with van der Waals surface area (Å²) in [6, 6.07) is 0. The van der Waals surface area contributed by atoms with Crippen molar-refractivity contribution in [2.45, 2.75) is 33.8 Å². The average molecular weight is 206 g/mol. The Labute approximate surface area is 93.2 Å². The highest BCUT2D eigenvalue weighted by atomic mass is 16.5. The Morgan fingerprint density at radius 2 is 2.13 bits per heavy atom. The van der Waals surface area contributed by atoms with Crippen molar-refractivity contribution in [3.05, 3.63) is 23.8 Å². The maximum Gasteiger partial charge on any atom is 0.0823 e. The highest BCUT2D eigenvalue weighted by molar-refractivity contribution is 5.19. The van der Waals surface area contributed by atoms with Crippen molar-refractivity contribution in [2.75, 3.05) is 6.61 Å². The summed E-state index contributed by atoms with van der Waals surface area (Å²) in [5.74, 6) is 2.78. The van der Waals surface area contributed by atoms with Gasteiger partial charge in [0.25, 0.3) is 0 Å². The van der Waals surface area contributed by atoms with E-state index in [1.807, 2.05) is 0 Å². The van der Waals surface area contributed by atoms with Crippen LogP contribution in [0.3, 0.4) is 0 Å². The summed E-state index contributed by atoms with van der Waals surface area (Å²) >= 11 is 0. The molecule has 1 heterocycles. The molecule has 0 aromatic heterocycles. The van der Waals surface area contributed by atoms with Crippen molar-refractivity contribution in [1.82, 2.24) is 0 Å². The normalized spacial score (nSPS) is 45.6. The second kappa shape index (κ2) is 4.13. The summed E-state index contributed by atoms with van der Waals surface area (Å²) < 4.78 is 5.97. The molecule has 0 N–H and O–H groups in total. The highest BCUT2D eigenvalue weighted by Gasteiger charge is 2.42. The number of rotatable bonds is 1. The molecule has 2 bridgehead atoms. The van der Waals surface area contributed by atoms with Crippen LogP contribution in [0.5, 0.6) is 0 Å². The van der Waals surface area contributed by atoms with Crippen LogP contribution in [-0.4, -0.2) is 12.7 Å². The Bertz CT molecular complexity index is 290. The Balaban J connectivity index is 2.29. The quantitative estimate of drug-likeness (QED) is 0.597. The summed E-state index contributed by atoms with van der Waals surface area (Å²) in [5.41, 5.74) is 1.52. The van der Waals surface area contributed by atoms with Gasteiger partial charge in [-0.2, -0.15) is 0 Å². The molecular weight excluding hydrogens is 184 g/mol. The van der Waals surface area contributed by atoms with Gasteiger partial charge in [0.15, 0.2) is 0 Å². The molecule has 1 saturated heterocycles. The second-order valence-corrected chi connectivity index (χ2v) is 5.14. The zero-order chi connectivity index (χ0) is 11.0. The van der Waals surface area contributed by atoms with E-state index in [1.165, 1.54) is 5.57 Å². The number of allylic oxidation sites excluding steroid dienone is 2. The van der Waals surface area contributed by atoms with Crippen LogP contribution in [0, 0.1) is 23.7 Å². The van der Waals surface area contributed by atoms with Gasteiger partial charge in [0.2, 0.25) is 0 Å². The van der Waals surface area contributed by atoms with E-state index < -0.39 is 0 Å². The lowest BCUT2D eigenvalue weighted by molar-refractivity contribution is -0.0687. The number of fused-ring (bicyclic) bond motifs is 2. The van der Waals surface area contributed by atoms with Gasteiger partial charge in [-0.25, -0.2) is 0 Å². The summed E-state index contributed by atoms with van der Waals surface area (Å²) in [7, 11) is 0. The van der Waals surface area contributed by atoms with E-state index in [-0.39, 0.29) is 0 Å². The molecule has 2 aliphatic rings. The lowest BCUT2D eigenvalue weighted by atomic mass is 9.65. The smallest absolute Gasteiger partial charge is 0.0823 e. The van der Waals surface area contributed by atoms with Gasteiger partial charge in [-0.1, -0.05) is 37.6 Å². The molecule has 0 radical (unpaired) electrons. The van der Waals surface area contributed by atoms with Gasteiger partial charge in [-0.15, -0.1) is 0 Å². The van der Waals surface area contributed by atoms with Gasteiger partial charge < -0.3 is 4.74 Å². The molecule has 2 rings (SSSR count). The Kier molecular flexibility index (Phi) is 3.01. The summed E-state index contributed by atoms with van der Waals surface area (Å²) in [4.78, 5) is 0. The first kappa shape index (κ1) is 10.9. The zero-order valence-corrected chi connectivity index (χ0v) is 10.2. The minimum Gasteiger partial charge on any atom is -0.373 e. The van der Waals surface area contributed by atoms with Crippen LogP contribution in [0.25, 0.3) is 0 Å². The maximum atomic E-state index is 5.97. The number of ether oxygens (including phenoxy) is 1. The SMILES string of the molecule is C/C=C/[C@@H]1OC[C@@H]2[C@@H](C)[C@H]1C(C)=C[C@@H]2C. The van der Waals surface area contributed by atoms with Gasteiger partial charge in [0, 0.05) is 5.92 Å². The third-order valence-corrected chi connectivity index (χ3v) is 4.19. The largest absolute Gasteiger partial charge is 0.373 e. The molecule has 1 aliphatic carbocycles. The van der Waals surface area contributed by atoms with E-state index in [4.69, 9.17) is 4.74 Å². The molecule has 0 amide bonds. The molecule has 0 unspecified atom stereocenters. The molecule has 0 aromatic carbocycles. The van der Waals surface area contributed by atoms with E-state index in [9.17, 15) is 0 Å². The minimum absolute atomic E-state index is 0.310. The molecule has 5 atom stereocenters. The van der Waals surface area contributed by atoms with Crippen LogP contribution < -0.4 is 0 Å². The Hall–Kier alpha value is -0.560. The fourth-order valence-electron chi connectivity index (χ4n) is 3.36. The van der Waals surface area contributed by atoms with Gasteiger partial charge in [0.1, 0.15) is 0 Å². The zero-order valence-electron chi connectivity index (χ0n) is 10.2. The standard InChI is InChI=1S/C14H22O/c1-5-6-13-14-10(3)7-9(2)12(8-15-13)11(14)4/h5-7,9,11-14H,8H2,1-4H3/b6-5+/t9-,11+,12-,13-,14+/m0/s1. The molecule has 1 fully saturated rings.